The van der Waals surface area contributed by atoms with Gasteiger partial charge in [-0.1, -0.05) is 30.3 Å². The van der Waals surface area contributed by atoms with Crippen LogP contribution in [-0.2, 0) is 0 Å². The molecule has 3 heteroatoms. The predicted molar refractivity (Wildman–Crippen MR) is 84.7 cm³/mol. The zero-order chi connectivity index (χ0) is 13.9. The fourth-order valence-electron chi connectivity index (χ4n) is 2.10. The lowest BCUT2D eigenvalue weighted by molar-refractivity contribution is 0.990. The van der Waals surface area contributed by atoms with E-state index in [2.05, 4.69) is 12.6 Å². The van der Waals surface area contributed by atoms with Crippen LogP contribution in [0.15, 0.2) is 82.6 Å². The quantitative estimate of drug-likeness (QED) is 0.708. The highest BCUT2D eigenvalue weighted by Gasteiger charge is 2.03. The highest BCUT2D eigenvalue weighted by atomic mass is 32.1. The van der Waals surface area contributed by atoms with Crippen LogP contribution < -0.4 is 5.56 Å². The van der Waals surface area contributed by atoms with E-state index in [0.29, 0.717) is 0 Å². The summed E-state index contributed by atoms with van der Waals surface area (Å²) in [7, 11) is 0. The molecule has 0 amide bonds. The van der Waals surface area contributed by atoms with Crippen molar-refractivity contribution >= 4 is 12.6 Å². The van der Waals surface area contributed by atoms with E-state index in [1.54, 1.807) is 10.6 Å². The molecule has 0 aliphatic heterocycles. The number of rotatable bonds is 2. The third-order valence-corrected chi connectivity index (χ3v) is 3.44. The summed E-state index contributed by atoms with van der Waals surface area (Å²) in [5, 5.41) is 0. The van der Waals surface area contributed by atoms with E-state index >= 15 is 0 Å². The predicted octanol–water partition coefficient (Wildman–Crippen LogP) is 3.79. The second-order valence-corrected chi connectivity index (χ2v) is 5.02. The zero-order valence-electron chi connectivity index (χ0n) is 10.7. The monoisotopic (exact) mass is 279 g/mol. The second kappa shape index (κ2) is 5.39. The minimum absolute atomic E-state index is 0.0448. The van der Waals surface area contributed by atoms with Gasteiger partial charge in [-0.05, 0) is 41.5 Å². The third kappa shape index (κ3) is 2.53. The standard InChI is InChI=1S/C17H13NOS/c19-17-11-6-14(13-4-2-1-3-5-13)12-18(17)15-7-9-16(20)10-8-15/h1-12,20H. The molecule has 1 heterocycles. The topological polar surface area (TPSA) is 22.0 Å². The fraction of sp³-hybridized carbons (Fsp3) is 0. The van der Waals surface area contributed by atoms with E-state index in [4.69, 9.17) is 0 Å². The maximum atomic E-state index is 12.0. The second-order valence-electron chi connectivity index (χ2n) is 4.51. The normalized spacial score (nSPS) is 10.4. The van der Waals surface area contributed by atoms with E-state index in [9.17, 15) is 4.79 Å². The number of nitrogens with zero attached hydrogens (tertiary/aromatic N) is 1. The first-order valence-electron chi connectivity index (χ1n) is 6.31. The molecule has 0 fully saturated rings. The molecular weight excluding hydrogens is 266 g/mol. The molecule has 3 aromatic rings. The Morgan fingerprint density at radius 1 is 0.750 bits per heavy atom. The summed E-state index contributed by atoms with van der Waals surface area (Å²) >= 11 is 4.26. The fourth-order valence-corrected chi connectivity index (χ4v) is 2.25. The lowest BCUT2D eigenvalue weighted by atomic mass is 10.1. The van der Waals surface area contributed by atoms with Gasteiger partial charge in [0.05, 0.1) is 0 Å². The van der Waals surface area contributed by atoms with Gasteiger partial charge in [-0.15, -0.1) is 12.6 Å². The van der Waals surface area contributed by atoms with Gasteiger partial charge in [0.2, 0.25) is 0 Å². The molecule has 20 heavy (non-hydrogen) atoms. The van der Waals surface area contributed by atoms with Gasteiger partial charge in [-0.3, -0.25) is 9.36 Å². The molecule has 0 aliphatic rings. The van der Waals surface area contributed by atoms with Crippen molar-refractivity contribution in [1.29, 1.82) is 0 Å². The number of hydrogen-bond acceptors (Lipinski definition) is 2. The van der Waals surface area contributed by atoms with E-state index in [1.165, 1.54) is 0 Å². The molecule has 0 N–H and O–H groups in total. The van der Waals surface area contributed by atoms with Crippen LogP contribution in [0.4, 0.5) is 0 Å². The number of pyridine rings is 1. The average Bonchev–Trinajstić information content (AvgIpc) is 2.50. The van der Waals surface area contributed by atoms with Crippen LogP contribution in [0.2, 0.25) is 0 Å². The minimum atomic E-state index is -0.0448. The van der Waals surface area contributed by atoms with Crippen molar-refractivity contribution in [2.45, 2.75) is 4.90 Å². The number of benzene rings is 2. The molecule has 0 spiro atoms. The Kier molecular flexibility index (Phi) is 3.44. The van der Waals surface area contributed by atoms with Gasteiger partial charge in [-0.25, -0.2) is 0 Å². The summed E-state index contributed by atoms with van der Waals surface area (Å²) in [5.74, 6) is 0. The number of hydrogen-bond donors (Lipinski definition) is 1. The SMILES string of the molecule is O=c1ccc(-c2ccccc2)cn1-c1ccc(S)cc1. The summed E-state index contributed by atoms with van der Waals surface area (Å²) in [6, 6.07) is 21.0. The highest BCUT2D eigenvalue weighted by molar-refractivity contribution is 7.80. The van der Waals surface area contributed by atoms with Crippen molar-refractivity contribution < 1.29 is 0 Å². The largest absolute Gasteiger partial charge is 0.284 e. The molecule has 3 rings (SSSR count). The van der Waals surface area contributed by atoms with Crippen LogP contribution in [-0.4, -0.2) is 4.57 Å². The van der Waals surface area contributed by atoms with Crippen molar-refractivity contribution in [3.05, 3.63) is 83.3 Å². The van der Waals surface area contributed by atoms with Crippen LogP contribution in [0.1, 0.15) is 0 Å². The lowest BCUT2D eigenvalue weighted by Gasteiger charge is -2.08. The van der Waals surface area contributed by atoms with E-state index < -0.39 is 0 Å². The average molecular weight is 279 g/mol. The van der Waals surface area contributed by atoms with Gasteiger partial charge < -0.3 is 0 Å². The molecule has 1 aromatic heterocycles. The Bertz CT molecular complexity index is 776. The molecule has 0 radical (unpaired) electrons. The van der Waals surface area contributed by atoms with Crippen molar-refractivity contribution in [2.24, 2.45) is 0 Å². The lowest BCUT2D eigenvalue weighted by Crippen LogP contribution is -2.16. The van der Waals surface area contributed by atoms with E-state index in [-0.39, 0.29) is 5.56 Å². The maximum Gasteiger partial charge on any atom is 0.255 e. The Morgan fingerprint density at radius 2 is 1.45 bits per heavy atom. The molecule has 0 unspecified atom stereocenters. The summed E-state index contributed by atoms with van der Waals surface area (Å²) in [6.45, 7) is 0. The van der Waals surface area contributed by atoms with Crippen LogP contribution in [0.3, 0.4) is 0 Å². The van der Waals surface area contributed by atoms with Gasteiger partial charge in [0.25, 0.3) is 5.56 Å². The van der Waals surface area contributed by atoms with Crippen LogP contribution in [0.5, 0.6) is 0 Å². The molecule has 0 bridgehead atoms. The highest BCUT2D eigenvalue weighted by Crippen LogP contribution is 2.19. The van der Waals surface area contributed by atoms with Gasteiger partial charge >= 0.3 is 0 Å². The smallest absolute Gasteiger partial charge is 0.255 e. The van der Waals surface area contributed by atoms with Crippen molar-refractivity contribution in [1.82, 2.24) is 4.57 Å². The van der Waals surface area contributed by atoms with Crippen molar-refractivity contribution in [3.63, 3.8) is 0 Å². The van der Waals surface area contributed by atoms with Gasteiger partial charge in [0.1, 0.15) is 0 Å². The Hall–Kier alpha value is -2.26. The number of thiol groups is 1. The van der Waals surface area contributed by atoms with Gasteiger partial charge in [-0.2, -0.15) is 0 Å². The van der Waals surface area contributed by atoms with Gasteiger partial charge in [0, 0.05) is 22.8 Å². The molecule has 0 atom stereocenters. The Labute approximate surface area is 122 Å². The van der Waals surface area contributed by atoms with Crippen molar-refractivity contribution in [3.8, 4) is 16.8 Å². The molecular formula is C17H13NOS. The van der Waals surface area contributed by atoms with E-state index in [0.717, 1.165) is 21.7 Å². The molecule has 2 nitrogen and oxygen atoms in total. The van der Waals surface area contributed by atoms with Crippen LogP contribution >= 0.6 is 12.6 Å². The zero-order valence-corrected chi connectivity index (χ0v) is 11.6. The first-order chi connectivity index (χ1) is 9.74. The molecule has 2 aromatic carbocycles. The molecule has 98 valence electrons. The summed E-state index contributed by atoms with van der Waals surface area (Å²) in [5.41, 5.74) is 2.90. The molecule has 0 aliphatic carbocycles. The van der Waals surface area contributed by atoms with Crippen LogP contribution in [0, 0.1) is 0 Å². The number of aromatic nitrogens is 1. The first-order valence-corrected chi connectivity index (χ1v) is 6.76. The third-order valence-electron chi connectivity index (χ3n) is 3.15. The molecule has 0 saturated carbocycles. The summed E-state index contributed by atoms with van der Waals surface area (Å²) in [4.78, 5) is 12.9. The first kappa shape index (κ1) is 12.8. The van der Waals surface area contributed by atoms with E-state index in [1.807, 2.05) is 66.9 Å². The maximum absolute atomic E-state index is 12.0. The molecule has 0 saturated heterocycles. The summed E-state index contributed by atoms with van der Waals surface area (Å²) < 4.78 is 1.65. The van der Waals surface area contributed by atoms with Gasteiger partial charge in [0.15, 0.2) is 0 Å². The van der Waals surface area contributed by atoms with Crippen LogP contribution in [0.25, 0.3) is 16.8 Å². The summed E-state index contributed by atoms with van der Waals surface area (Å²) in [6.07, 6.45) is 1.87. The Morgan fingerprint density at radius 3 is 2.15 bits per heavy atom. The Balaban J connectivity index is 2.12. The minimum Gasteiger partial charge on any atom is -0.284 e. The van der Waals surface area contributed by atoms with Crippen molar-refractivity contribution in [2.75, 3.05) is 0 Å².